The first-order valence-corrected chi connectivity index (χ1v) is 6.03. The van der Waals surface area contributed by atoms with E-state index < -0.39 is 0 Å². The molecular weight excluding hydrogens is 208 g/mol. The van der Waals surface area contributed by atoms with Crippen molar-refractivity contribution < 1.29 is 5.11 Å². The van der Waals surface area contributed by atoms with Crippen LogP contribution in [0, 0.1) is 11.8 Å². The average Bonchev–Trinajstić information content (AvgIpc) is 2.78. The lowest BCUT2D eigenvalue weighted by atomic mass is 10.0. The second-order valence-electron chi connectivity index (χ2n) is 4.39. The van der Waals surface area contributed by atoms with E-state index in [4.69, 9.17) is 5.11 Å². The molecule has 3 rings (SSSR count). The Labute approximate surface area is 101 Å². The molecule has 2 aromatic carbocycles. The number of hydrogen-bond acceptors (Lipinski definition) is 1. The SMILES string of the molecule is OCCC#Cc1ccc2c3c(cccc13)CC2. The molecule has 0 aliphatic heterocycles. The lowest BCUT2D eigenvalue weighted by Crippen LogP contribution is -1.84. The molecular formula is C16H14O. The smallest absolute Gasteiger partial charge is 0.0540 e. The largest absolute Gasteiger partial charge is 0.395 e. The first-order valence-electron chi connectivity index (χ1n) is 6.03. The molecule has 0 atom stereocenters. The zero-order valence-corrected chi connectivity index (χ0v) is 9.66. The van der Waals surface area contributed by atoms with Gasteiger partial charge in [0.05, 0.1) is 6.61 Å². The van der Waals surface area contributed by atoms with Crippen LogP contribution in [0.3, 0.4) is 0 Å². The van der Waals surface area contributed by atoms with Gasteiger partial charge in [-0.1, -0.05) is 36.1 Å². The fraction of sp³-hybridized carbons (Fsp3) is 0.250. The third-order valence-corrected chi connectivity index (χ3v) is 3.34. The molecule has 0 saturated heterocycles. The van der Waals surface area contributed by atoms with Crippen molar-refractivity contribution in [2.24, 2.45) is 0 Å². The van der Waals surface area contributed by atoms with E-state index in [-0.39, 0.29) is 6.61 Å². The fourth-order valence-electron chi connectivity index (χ4n) is 2.57. The Morgan fingerprint density at radius 1 is 1.06 bits per heavy atom. The minimum absolute atomic E-state index is 0.133. The number of aliphatic hydroxyl groups excluding tert-OH is 1. The van der Waals surface area contributed by atoms with Gasteiger partial charge in [-0.05, 0) is 40.8 Å². The zero-order valence-electron chi connectivity index (χ0n) is 9.66. The topological polar surface area (TPSA) is 20.2 Å². The highest BCUT2D eigenvalue weighted by molar-refractivity contribution is 5.94. The molecule has 2 aromatic rings. The maximum Gasteiger partial charge on any atom is 0.0540 e. The zero-order chi connectivity index (χ0) is 11.7. The second-order valence-corrected chi connectivity index (χ2v) is 4.39. The molecule has 0 bridgehead atoms. The lowest BCUT2D eigenvalue weighted by Gasteiger charge is -2.03. The van der Waals surface area contributed by atoms with Gasteiger partial charge in [0.25, 0.3) is 0 Å². The van der Waals surface area contributed by atoms with Crippen LogP contribution in [0.2, 0.25) is 0 Å². The summed E-state index contributed by atoms with van der Waals surface area (Å²) >= 11 is 0. The Balaban J connectivity index is 2.19. The normalized spacial score (nSPS) is 12.5. The molecule has 0 aromatic heterocycles. The van der Waals surface area contributed by atoms with Crippen molar-refractivity contribution in [3.63, 3.8) is 0 Å². The summed E-state index contributed by atoms with van der Waals surface area (Å²) in [6, 6.07) is 10.8. The van der Waals surface area contributed by atoms with Crippen molar-refractivity contribution in [1.29, 1.82) is 0 Å². The van der Waals surface area contributed by atoms with E-state index in [2.05, 4.69) is 42.2 Å². The molecule has 17 heavy (non-hydrogen) atoms. The van der Waals surface area contributed by atoms with Gasteiger partial charge >= 0.3 is 0 Å². The van der Waals surface area contributed by atoms with Crippen LogP contribution in [-0.4, -0.2) is 11.7 Å². The van der Waals surface area contributed by atoms with E-state index in [9.17, 15) is 0 Å². The summed E-state index contributed by atoms with van der Waals surface area (Å²) in [5, 5.41) is 11.4. The first-order chi connectivity index (χ1) is 8.40. The van der Waals surface area contributed by atoms with E-state index in [1.165, 1.54) is 21.9 Å². The average molecular weight is 222 g/mol. The molecule has 0 spiro atoms. The van der Waals surface area contributed by atoms with Crippen molar-refractivity contribution in [3.8, 4) is 11.8 Å². The van der Waals surface area contributed by atoms with Crippen molar-refractivity contribution in [2.45, 2.75) is 19.3 Å². The van der Waals surface area contributed by atoms with Crippen molar-refractivity contribution in [2.75, 3.05) is 6.61 Å². The quantitative estimate of drug-likeness (QED) is 0.735. The van der Waals surface area contributed by atoms with E-state index in [0.29, 0.717) is 6.42 Å². The Morgan fingerprint density at radius 3 is 2.71 bits per heavy atom. The molecule has 0 radical (unpaired) electrons. The van der Waals surface area contributed by atoms with Crippen LogP contribution in [0.5, 0.6) is 0 Å². The summed E-state index contributed by atoms with van der Waals surface area (Å²) < 4.78 is 0. The molecule has 1 aliphatic rings. The molecule has 0 amide bonds. The third kappa shape index (κ3) is 1.71. The number of rotatable bonds is 1. The van der Waals surface area contributed by atoms with Crippen LogP contribution >= 0.6 is 0 Å². The summed E-state index contributed by atoms with van der Waals surface area (Å²) in [6.07, 6.45) is 2.85. The van der Waals surface area contributed by atoms with Gasteiger partial charge in [0, 0.05) is 12.0 Å². The van der Waals surface area contributed by atoms with Gasteiger partial charge in [0.15, 0.2) is 0 Å². The molecule has 1 N–H and O–H groups in total. The van der Waals surface area contributed by atoms with Crippen LogP contribution in [-0.2, 0) is 12.8 Å². The number of aliphatic hydroxyl groups is 1. The summed E-state index contributed by atoms with van der Waals surface area (Å²) in [4.78, 5) is 0. The van der Waals surface area contributed by atoms with Crippen LogP contribution < -0.4 is 0 Å². The van der Waals surface area contributed by atoms with E-state index in [1.54, 1.807) is 0 Å². The fourth-order valence-corrected chi connectivity index (χ4v) is 2.57. The molecule has 1 nitrogen and oxygen atoms in total. The third-order valence-electron chi connectivity index (χ3n) is 3.34. The Hall–Kier alpha value is -1.78. The molecule has 0 unspecified atom stereocenters. The summed E-state index contributed by atoms with van der Waals surface area (Å²) in [6.45, 7) is 0.133. The highest BCUT2D eigenvalue weighted by atomic mass is 16.2. The number of hydrogen-bond donors (Lipinski definition) is 1. The highest BCUT2D eigenvalue weighted by Gasteiger charge is 2.14. The van der Waals surface area contributed by atoms with E-state index in [0.717, 1.165) is 18.4 Å². The lowest BCUT2D eigenvalue weighted by molar-refractivity contribution is 0.305. The summed E-state index contributed by atoms with van der Waals surface area (Å²) in [7, 11) is 0. The van der Waals surface area contributed by atoms with Gasteiger partial charge in [-0.3, -0.25) is 0 Å². The molecule has 0 fully saturated rings. The first kappa shape index (κ1) is 10.4. The predicted octanol–water partition coefficient (Wildman–Crippen LogP) is 2.67. The van der Waals surface area contributed by atoms with E-state index in [1.807, 2.05) is 0 Å². The van der Waals surface area contributed by atoms with Gasteiger partial charge in [0.2, 0.25) is 0 Å². The molecule has 0 saturated carbocycles. The van der Waals surface area contributed by atoms with Gasteiger partial charge < -0.3 is 5.11 Å². The van der Waals surface area contributed by atoms with Crippen LogP contribution in [0.25, 0.3) is 10.8 Å². The molecule has 1 aliphatic carbocycles. The maximum atomic E-state index is 8.75. The van der Waals surface area contributed by atoms with Gasteiger partial charge in [-0.25, -0.2) is 0 Å². The van der Waals surface area contributed by atoms with Gasteiger partial charge in [0.1, 0.15) is 0 Å². The van der Waals surface area contributed by atoms with Gasteiger partial charge in [-0.2, -0.15) is 0 Å². The Morgan fingerprint density at radius 2 is 1.88 bits per heavy atom. The summed E-state index contributed by atoms with van der Waals surface area (Å²) in [5.41, 5.74) is 3.98. The molecule has 1 heteroatoms. The minimum Gasteiger partial charge on any atom is -0.395 e. The Kier molecular flexibility index (Phi) is 2.59. The van der Waals surface area contributed by atoms with Crippen LogP contribution in [0.1, 0.15) is 23.1 Å². The van der Waals surface area contributed by atoms with Gasteiger partial charge in [-0.15, -0.1) is 0 Å². The number of benzene rings is 2. The molecule has 84 valence electrons. The Bertz CT molecular complexity index is 619. The molecule has 0 heterocycles. The maximum absolute atomic E-state index is 8.75. The van der Waals surface area contributed by atoms with Crippen LogP contribution in [0.4, 0.5) is 0 Å². The monoisotopic (exact) mass is 222 g/mol. The van der Waals surface area contributed by atoms with Crippen LogP contribution in [0.15, 0.2) is 30.3 Å². The number of aryl methyl sites for hydroxylation is 2. The minimum atomic E-state index is 0.133. The standard InChI is InChI=1S/C16H14O/c17-11-2-1-4-12-7-8-14-10-9-13-5-3-6-15(12)16(13)14/h3,5-8,17H,2,9-11H2. The summed E-state index contributed by atoms with van der Waals surface area (Å²) in [5.74, 6) is 6.16. The van der Waals surface area contributed by atoms with Crippen molar-refractivity contribution in [1.82, 2.24) is 0 Å². The highest BCUT2D eigenvalue weighted by Crippen LogP contribution is 2.32. The van der Waals surface area contributed by atoms with Crippen molar-refractivity contribution >= 4 is 10.8 Å². The predicted molar refractivity (Wildman–Crippen MR) is 69.9 cm³/mol. The second kappa shape index (κ2) is 4.24. The van der Waals surface area contributed by atoms with Crippen molar-refractivity contribution in [3.05, 3.63) is 47.0 Å². The van der Waals surface area contributed by atoms with E-state index >= 15 is 0 Å².